The molecule has 2 atom stereocenters. The van der Waals surface area contributed by atoms with Gasteiger partial charge in [-0.05, 0) is 36.3 Å². The number of benzene rings is 2. The number of hydrogen-bond donors (Lipinski definition) is 0. The molecule has 2 aromatic heterocycles. The van der Waals surface area contributed by atoms with E-state index in [-0.39, 0.29) is 11.7 Å². The zero-order valence-electron chi connectivity index (χ0n) is 19.3. The van der Waals surface area contributed by atoms with Gasteiger partial charge < -0.3 is 9.30 Å². The van der Waals surface area contributed by atoms with Crippen LogP contribution in [0.2, 0.25) is 0 Å². The highest BCUT2D eigenvalue weighted by atomic mass is 32.1. The van der Waals surface area contributed by atoms with Crippen LogP contribution in [0, 0.1) is 12.8 Å². The van der Waals surface area contributed by atoms with Gasteiger partial charge in [-0.1, -0.05) is 79.7 Å². The van der Waals surface area contributed by atoms with Gasteiger partial charge in [-0.25, -0.2) is 0 Å². The summed E-state index contributed by atoms with van der Waals surface area (Å²) in [5, 5.41) is 0. The van der Waals surface area contributed by atoms with E-state index in [1.807, 2.05) is 16.7 Å². The number of nitrogens with zero attached hydrogens (tertiary/aromatic N) is 2. The van der Waals surface area contributed by atoms with Gasteiger partial charge in [0.25, 0.3) is 5.56 Å². The average Bonchev–Trinajstić information content (AvgIpc) is 3.46. The van der Waals surface area contributed by atoms with Crippen LogP contribution in [0.5, 0.6) is 0 Å². The summed E-state index contributed by atoms with van der Waals surface area (Å²) in [5.74, 6) is 1.21. The Hall–Kier alpha value is -3.70. The molecule has 0 fully saturated rings. The zero-order chi connectivity index (χ0) is 23.7. The second-order valence-corrected chi connectivity index (χ2v) is 9.71. The third-order valence-electron chi connectivity index (χ3n) is 6.09. The third-order valence-corrected chi connectivity index (χ3v) is 7.25. The molecule has 34 heavy (non-hydrogen) atoms. The van der Waals surface area contributed by atoms with Crippen molar-refractivity contribution in [3.05, 3.63) is 119 Å². The highest BCUT2D eigenvalue weighted by Crippen LogP contribution is 2.35. The van der Waals surface area contributed by atoms with E-state index >= 15 is 0 Å². The molecular formula is C29H26N2O2S. The molecule has 2 unspecified atom stereocenters. The van der Waals surface area contributed by atoms with Crippen molar-refractivity contribution in [2.45, 2.75) is 26.5 Å². The maximum atomic E-state index is 12.5. The molecule has 170 valence electrons. The van der Waals surface area contributed by atoms with Crippen LogP contribution < -0.4 is 5.56 Å². The van der Waals surface area contributed by atoms with Gasteiger partial charge in [-0.2, -0.15) is 4.98 Å². The molecule has 3 heterocycles. The highest BCUT2D eigenvalue weighted by molar-refractivity contribution is 7.22. The SMILES string of the molecule is C=C/C=C\C1OC(c2ccc(-c3cc4c(s3)c(=O)ncn4Cc3ccc(C)cc3)cc2)=CC1C. The van der Waals surface area contributed by atoms with Gasteiger partial charge in [0.2, 0.25) is 0 Å². The summed E-state index contributed by atoms with van der Waals surface area (Å²) in [4.78, 5) is 17.6. The van der Waals surface area contributed by atoms with Gasteiger partial charge >= 0.3 is 0 Å². The number of aromatic nitrogens is 2. The van der Waals surface area contributed by atoms with Crippen LogP contribution in [-0.2, 0) is 11.3 Å². The molecule has 0 radical (unpaired) electrons. The van der Waals surface area contributed by atoms with E-state index in [2.05, 4.69) is 86.1 Å². The van der Waals surface area contributed by atoms with E-state index in [1.165, 1.54) is 22.5 Å². The summed E-state index contributed by atoms with van der Waals surface area (Å²) in [6.07, 6.45) is 9.56. The number of hydrogen-bond acceptors (Lipinski definition) is 4. The van der Waals surface area contributed by atoms with Gasteiger partial charge in [0.05, 0.1) is 11.8 Å². The molecular weight excluding hydrogens is 440 g/mol. The Labute approximate surface area is 203 Å². The summed E-state index contributed by atoms with van der Waals surface area (Å²) < 4.78 is 8.86. The fourth-order valence-electron chi connectivity index (χ4n) is 4.14. The minimum absolute atomic E-state index is 0.0298. The Kier molecular flexibility index (Phi) is 6.03. The average molecular weight is 467 g/mol. The van der Waals surface area contributed by atoms with Crippen LogP contribution in [0.1, 0.15) is 23.6 Å². The van der Waals surface area contributed by atoms with Crippen molar-refractivity contribution in [1.29, 1.82) is 0 Å². The number of ether oxygens (including phenoxy) is 1. The molecule has 4 nitrogen and oxygen atoms in total. The monoisotopic (exact) mass is 466 g/mol. The van der Waals surface area contributed by atoms with Crippen LogP contribution in [-0.4, -0.2) is 15.7 Å². The van der Waals surface area contributed by atoms with Gasteiger partial charge in [0.1, 0.15) is 16.6 Å². The lowest BCUT2D eigenvalue weighted by Gasteiger charge is -2.12. The fraction of sp³-hybridized carbons (Fsp3) is 0.172. The topological polar surface area (TPSA) is 44.1 Å². The van der Waals surface area contributed by atoms with Gasteiger partial charge in [0, 0.05) is 22.9 Å². The van der Waals surface area contributed by atoms with Gasteiger partial charge in [0.15, 0.2) is 0 Å². The molecule has 0 saturated heterocycles. The predicted octanol–water partition coefficient (Wildman–Crippen LogP) is 6.60. The normalized spacial score (nSPS) is 17.8. The maximum Gasteiger partial charge on any atom is 0.290 e. The van der Waals surface area contributed by atoms with E-state index in [4.69, 9.17) is 4.74 Å². The van der Waals surface area contributed by atoms with Gasteiger partial charge in [-0.15, -0.1) is 11.3 Å². The van der Waals surface area contributed by atoms with Crippen molar-refractivity contribution in [2.24, 2.45) is 5.92 Å². The first kappa shape index (κ1) is 22.1. The Bertz CT molecular complexity index is 1460. The third kappa shape index (κ3) is 4.39. The van der Waals surface area contributed by atoms with E-state index in [9.17, 15) is 4.79 Å². The molecule has 1 aliphatic heterocycles. The second kappa shape index (κ2) is 9.27. The first-order valence-corrected chi connectivity index (χ1v) is 12.2. The van der Waals surface area contributed by atoms with E-state index in [1.54, 1.807) is 12.4 Å². The second-order valence-electron chi connectivity index (χ2n) is 8.66. The molecule has 1 aliphatic rings. The summed E-state index contributed by atoms with van der Waals surface area (Å²) in [5.41, 5.74) is 5.25. The minimum atomic E-state index is -0.180. The summed E-state index contributed by atoms with van der Waals surface area (Å²) in [6, 6.07) is 18.9. The standard InChI is InChI=1S/C29H26N2O2S/c1-4-5-6-25-20(3)15-26(33-25)22-11-13-23(14-12-22)27-16-24-28(34-27)29(32)30-18-31(24)17-21-9-7-19(2)8-10-21/h4-16,18,20,25H,1,17H2,2-3H3/b6-5-. The molecule has 0 spiro atoms. The molecule has 4 aromatic rings. The Morgan fingerprint density at radius 2 is 1.85 bits per heavy atom. The summed E-state index contributed by atoms with van der Waals surface area (Å²) in [6.45, 7) is 8.63. The lowest BCUT2D eigenvalue weighted by atomic mass is 10.0. The summed E-state index contributed by atoms with van der Waals surface area (Å²) >= 11 is 1.49. The smallest absolute Gasteiger partial charge is 0.290 e. The first-order valence-electron chi connectivity index (χ1n) is 11.3. The molecule has 2 aromatic carbocycles. The summed E-state index contributed by atoms with van der Waals surface area (Å²) in [7, 11) is 0. The van der Waals surface area contributed by atoms with Crippen molar-refractivity contribution >= 4 is 27.3 Å². The highest BCUT2D eigenvalue weighted by Gasteiger charge is 2.24. The molecule has 0 N–H and O–H groups in total. The number of fused-ring (bicyclic) bond motifs is 1. The lowest BCUT2D eigenvalue weighted by Crippen LogP contribution is -2.11. The fourth-order valence-corrected chi connectivity index (χ4v) is 5.21. The van der Waals surface area contributed by atoms with Crippen LogP contribution >= 0.6 is 11.3 Å². The quantitative estimate of drug-likeness (QED) is 0.301. The van der Waals surface area contributed by atoms with Crippen molar-refractivity contribution in [3.8, 4) is 10.4 Å². The molecule has 5 rings (SSSR count). The van der Waals surface area contributed by atoms with Crippen molar-refractivity contribution in [1.82, 2.24) is 9.55 Å². The Balaban J connectivity index is 1.42. The van der Waals surface area contributed by atoms with Gasteiger partial charge in [-0.3, -0.25) is 4.79 Å². The minimum Gasteiger partial charge on any atom is -0.485 e. The maximum absolute atomic E-state index is 12.5. The zero-order valence-corrected chi connectivity index (χ0v) is 20.1. The Morgan fingerprint density at radius 3 is 2.59 bits per heavy atom. The van der Waals surface area contributed by atoms with Crippen molar-refractivity contribution in [2.75, 3.05) is 0 Å². The molecule has 0 amide bonds. The Morgan fingerprint density at radius 1 is 1.12 bits per heavy atom. The number of thiophene rings is 1. The van der Waals surface area contributed by atoms with Crippen molar-refractivity contribution < 1.29 is 4.74 Å². The molecule has 0 saturated carbocycles. The van der Waals surface area contributed by atoms with E-state index in [0.717, 1.165) is 27.3 Å². The largest absolute Gasteiger partial charge is 0.485 e. The van der Waals surface area contributed by atoms with E-state index in [0.29, 0.717) is 17.2 Å². The van der Waals surface area contributed by atoms with E-state index < -0.39 is 0 Å². The van der Waals surface area contributed by atoms with Crippen molar-refractivity contribution in [3.63, 3.8) is 0 Å². The molecule has 0 bridgehead atoms. The predicted molar refractivity (Wildman–Crippen MR) is 141 cm³/mol. The number of aryl methyl sites for hydroxylation is 1. The first-order chi connectivity index (χ1) is 16.5. The molecule has 0 aliphatic carbocycles. The number of rotatable bonds is 6. The van der Waals surface area contributed by atoms with Crippen LogP contribution in [0.25, 0.3) is 26.4 Å². The van der Waals surface area contributed by atoms with Crippen LogP contribution in [0.15, 0.2) is 96.6 Å². The number of allylic oxidation sites excluding steroid dienone is 2. The van der Waals surface area contributed by atoms with Crippen LogP contribution in [0.3, 0.4) is 0 Å². The van der Waals surface area contributed by atoms with Crippen LogP contribution in [0.4, 0.5) is 0 Å². The lowest BCUT2D eigenvalue weighted by molar-refractivity contribution is 0.205. The molecule has 5 heteroatoms.